The fraction of sp³-hybridized carbons (Fsp3) is 0.667. The highest BCUT2D eigenvalue weighted by molar-refractivity contribution is 5.74. The second kappa shape index (κ2) is 11.3. The first-order chi connectivity index (χ1) is 11.4. The summed E-state index contributed by atoms with van der Waals surface area (Å²) in [4.78, 5) is 4.46. The maximum atomic E-state index is 4.46. The Morgan fingerprint density at radius 3 is 1.96 bits per heavy atom. The molecule has 0 aliphatic carbocycles. The Hall–Kier alpha value is -1.31. The molecule has 23 heavy (non-hydrogen) atoms. The number of rotatable bonds is 13. The summed E-state index contributed by atoms with van der Waals surface area (Å²) >= 11 is 0. The normalized spacial score (nSPS) is 11.3. The number of unbranched alkanes of at least 4 members (excludes halogenated alkanes) is 11. The summed E-state index contributed by atoms with van der Waals surface area (Å²) in [6.45, 7) is 3.40. The van der Waals surface area contributed by atoms with Gasteiger partial charge in [0.2, 0.25) is 0 Å². The second-order valence-corrected chi connectivity index (χ2v) is 6.82. The van der Waals surface area contributed by atoms with E-state index >= 15 is 0 Å². The fourth-order valence-corrected chi connectivity index (χ4v) is 3.31. The summed E-state index contributed by atoms with van der Waals surface area (Å²) in [6, 6.07) is 8.42. The van der Waals surface area contributed by atoms with Gasteiger partial charge in [-0.1, -0.05) is 89.7 Å². The first kappa shape index (κ1) is 18.0. The molecule has 0 aliphatic rings. The second-order valence-electron chi connectivity index (χ2n) is 6.82. The van der Waals surface area contributed by atoms with Crippen LogP contribution in [0.2, 0.25) is 0 Å². The van der Waals surface area contributed by atoms with Crippen molar-refractivity contribution in [3.63, 3.8) is 0 Å². The molecule has 2 nitrogen and oxygen atoms in total. The number of aromatic nitrogens is 2. The van der Waals surface area contributed by atoms with Gasteiger partial charge in [0.05, 0.1) is 17.4 Å². The van der Waals surface area contributed by atoms with Gasteiger partial charge in [-0.2, -0.15) is 0 Å². The Kier molecular flexibility index (Phi) is 8.83. The molecule has 0 radical (unpaired) electrons. The van der Waals surface area contributed by atoms with E-state index in [1.54, 1.807) is 0 Å². The van der Waals surface area contributed by atoms with Gasteiger partial charge in [-0.25, -0.2) is 4.98 Å². The Morgan fingerprint density at radius 2 is 1.30 bits per heavy atom. The van der Waals surface area contributed by atoms with E-state index in [0.717, 1.165) is 12.1 Å². The van der Waals surface area contributed by atoms with Crippen LogP contribution < -0.4 is 0 Å². The molecule has 1 aromatic carbocycles. The molecule has 0 amide bonds. The van der Waals surface area contributed by atoms with Gasteiger partial charge in [0, 0.05) is 6.54 Å². The van der Waals surface area contributed by atoms with Gasteiger partial charge in [0.1, 0.15) is 0 Å². The SMILES string of the molecule is CCCCCCCCCCCCCCn1cnc2ccccc21. The van der Waals surface area contributed by atoms with E-state index in [0.29, 0.717) is 0 Å². The molecule has 0 saturated heterocycles. The van der Waals surface area contributed by atoms with Crippen LogP contribution in [0.15, 0.2) is 30.6 Å². The molecular formula is C21H34N2. The highest BCUT2D eigenvalue weighted by atomic mass is 15.0. The molecule has 128 valence electrons. The van der Waals surface area contributed by atoms with Crippen molar-refractivity contribution < 1.29 is 0 Å². The van der Waals surface area contributed by atoms with Crippen LogP contribution >= 0.6 is 0 Å². The van der Waals surface area contributed by atoms with Gasteiger partial charge in [-0.05, 0) is 18.6 Å². The van der Waals surface area contributed by atoms with Gasteiger partial charge in [0.25, 0.3) is 0 Å². The molecular weight excluding hydrogens is 280 g/mol. The van der Waals surface area contributed by atoms with E-state index in [-0.39, 0.29) is 0 Å². The maximum Gasteiger partial charge on any atom is 0.0958 e. The van der Waals surface area contributed by atoms with E-state index in [9.17, 15) is 0 Å². The summed E-state index contributed by atoms with van der Waals surface area (Å²) in [6.07, 6.45) is 18.9. The molecule has 2 rings (SSSR count). The summed E-state index contributed by atoms with van der Waals surface area (Å²) in [7, 11) is 0. The molecule has 0 atom stereocenters. The van der Waals surface area contributed by atoms with Crippen molar-refractivity contribution >= 4 is 11.0 Å². The van der Waals surface area contributed by atoms with Crippen molar-refractivity contribution in [2.45, 2.75) is 90.5 Å². The largest absolute Gasteiger partial charge is 0.331 e. The first-order valence-electron chi connectivity index (χ1n) is 9.81. The number of imidazole rings is 1. The van der Waals surface area contributed by atoms with Gasteiger partial charge in [-0.3, -0.25) is 0 Å². The molecule has 0 fully saturated rings. The molecule has 1 heterocycles. The van der Waals surface area contributed by atoms with Crippen LogP contribution in [-0.2, 0) is 6.54 Å². The Labute approximate surface area is 142 Å². The lowest BCUT2D eigenvalue weighted by molar-refractivity contribution is 0.531. The average Bonchev–Trinajstić information content (AvgIpc) is 2.99. The van der Waals surface area contributed by atoms with Gasteiger partial charge in [0.15, 0.2) is 0 Å². The third-order valence-corrected chi connectivity index (χ3v) is 4.78. The summed E-state index contributed by atoms with van der Waals surface area (Å²) in [5, 5.41) is 0. The highest BCUT2D eigenvalue weighted by Crippen LogP contribution is 2.15. The Morgan fingerprint density at radius 1 is 0.739 bits per heavy atom. The van der Waals surface area contributed by atoms with Crippen LogP contribution in [0.1, 0.15) is 84.0 Å². The van der Waals surface area contributed by atoms with Crippen LogP contribution in [0.3, 0.4) is 0 Å². The van der Waals surface area contributed by atoms with Crippen molar-refractivity contribution in [3.05, 3.63) is 30.6 Å². The maximum absolute atomic E-state index is 4.46. The third kappa shape index (κ3) is 6.76. The van der Waals surface area contributed by atoms with E-state index in [1.807, 2.05) is 6.33 Å². The molecule has 0 unspecified atom stereocenters. The van der Waals surface area contributed by atoms with Crippen LogP contribution in [0.5, 0.6) is 0 Å². The molecule has 0 bridgehead atoms. The number of benzene rings is 1. The monoisotopic (exact) mass is 314 g/mol. The zero-order valence-corrected chi connectivity index (χ0v) is 15.0. The van der Waals surface area contributed by atoms with Crippen molar-refractivity contribution in [2.75, 3.05) is 0 Å². The topological polar surface area (TPSA) is 17.8 Å². The van der Waals surface area contributed by atoms with Crippen molar-refractivity contribution in [2.24, 2.45) is 0 Å². The highest BCUT2D eigenvalue weighted by Gasteiger charge is 2.00. The average molecular weight is 315 g/mol. The molecule has 0 saturated carbocycles. The Balaban J connectivity index is 1.44. The van der Waals surface area contributed by atoms with E-state index in [1.165, 1.54) is 82.6 Å². The molecule has 0 spiro atoms. The molecule has 2 aromatic rings. The van der Waals surface area contributed by atoms with Gasteiger partial charge in [-0.15, -0.1) is 0 Å². The van der Waals surface area contributed by atoms with Crippen LogP contribution in [0, 0.1) is 0 Å². The van der Waals surface area contributed by atoms with E-state index in [4.69, 9.17) is 0 Å². The molecule has 0 aliphatic heterocycles. The van der Waals surface area contributed by atoms with Crippen LogP contribution in [-0.4, -0.2) is 9.55 Å². The van der Waals surface area contributed by atoms with Crippen LogP contribution in [0.25, 0.3) is 11.0 Å². The first-order valence-corrected chi connectivity index (χ1v) is 9.81. The minimum absolute atomic E-state index is 1.11. The lowest BCUT2D eigenvalue weighted by Gasteiger charge is -2.05. The van der Waals surface area contributed by atoms with Gasteiger partial charge < -0.3 is 4.57 Å². The molecule has 1 aromatic heterocycles. The number of para-hydroxylation sites is 2. The minimum atomic E-state index is 1.11. The number of aryl methyl sites for hydroxylation is 1. The minimum Gasteiger partial charge on any atom is -0.331 e. The quantitative estimate of drug-likeness (QED) is 0.374. The van der Waals surface area contributed by atoms with E-state index < -0.39 is 0 Å². The smallest absolute Gasteiger partial charge is 0.0958 e. The lowest BCUT2D eigenvalue weighted by atomic mass is 10.1. The van der Waals surface area contributed by atoms with Crippen molar-refractivity contribution in [1.82, 2.24) is 9.55 Å². The predicted octanol–water partition coefficient (Wildman–Crippen LogP) is 6.74. The number of nitrogens with zero attached hydrogens (tertiary/aromatic N) is 2. The standard InChI is InChI=1S/C21H34N2/c1-2-3-4-5-6-7-8-9-10-11-12-15-18-23-19-22-20-16-13-14-17-21(20)23/h13-14,16-17,19H,2-12,15,18H2,1H3. The van der Waals surface area contributed by atoms with Crippen molar-refractivity contribution in [3.8, 4) is 0 Å². The summed E-state index contributed by atoms with van der Waals surface area (Å²) in [5.74, 6) is 0. The summed E-state index contributed by atoms with van der Waals surface area (Å²) < 4.78 is 2.30. The molecule has 2 heteroatoms. The van der Waals surface area contributed by atoms with Gasteiger partial charge >= 0.3 is 0 Å². The zero-order chi connectivity index (χ0) is 16.2. The number of hydrogen-bond donors (Lipinski definition) is 0. The third-order valence-electron chi connectivity index (χ3n) is 4.78. The number of fused-ring (bicyclic) bond motifs is 1. The lowest BCUT2D eigenvalue weighted by Crippen LogP contribution is -1.95. The summed E-state index contributed by atoms with van der Waals surface area (Å²) in [5.41, 5.74) is 2.39. The Bertz CT molecular complexity index is 529. The zero-order valence-electron chi connectivity index (χ0n) is 15.0. The van der Waals surface area contributed by atoms with Crippen molar-refractivity contribution in [1.29, 1.82) is 0 Å². The van der Waals surface area contributed by atoms with E-state index in [2.05, 4.69) is 40.7 Å². The molecule has 0 N–H and O–H groups in total. The fourth-order valence-electron chi connectivity index (χ4n) is 3.31. The predicted molar refractivity (Wildman–Crippen MR) is 101 cm³/mol. The number of hydrogen-bond acceptors (Lipinski definition) is 1. The van der Waals surface area contributed by atoms with Crippen LogP contribution in [0.4, 0.5) is 0 Å².